The van der Waals surface area contributed by atoms with Crippen LogP contribution < -0.4 is 4.90 Å². The molecule has 0 aliphatic heterocycles. The molecule has 2 aromatic rings. The monoisotopic (exact) mass is 251 g/mol. The lowest BCUT2D eigenvalue weighted by molar-refractivity contribution is 0.188. The Bertz CT molecular complexity index is 525. The van der Waals surface area contributed by atoms with Crippen molar-refractivity contribution in [3.8, 4) is 0 Å². The highest BCUT2D eigenvalue weighted by atomic mass is 16.3. The Morgan fingerprint density at radius 1 is 1.28 bits per heavy atom. The maximum Gasteiger partial charge on any atom is 0.165 e. The molecule has 0 spiro atoms. The number of aromatic nitrogens is 4. The minimum atomic E-state index is -0.218. The summed E-state index contributed by atoms with van der Waals surface area (Å²) in [6.45, 7) is -0.0517. The molecule has 2 N–H and O–H groups in total. The van der Waals surface area contributed by atoms with E-state index in [9.17, 15) is 5.11 Å². The molecule has 1 unspecified atom stereocenters. The molecule has 98 valence electrons. The lowest BCUT2D eigenvalue weighted by Crippen LogP contribution is -2.15. The van der Waals surface area contributed by atoms with E-state index in [-0.39, 0.29) is 19.3 Å². The summed E-state index contributed by atoms with van der Waals surface area (Å²) in [5.41, 5.74) is 1.36. The normalized spacial score (nSPS) is 12.9. The van der Waals surface area contributed by atoms with Crippen LogP contribution in [0.4, 0.5) is 5.82 Å². The van der Waals surface area contributed by atoms with Gasteiger partial charge in [0.25, 0.3) is 0 Å². The molecule has 2 aromatic heterocycles. The highest BCUT2D eigenvalue weighted by Crippen LogP contribution is 2.23. The SMILES string of the molecule is CN(C)c1ncnc2c1ncn2C(CO)CCO. The predicted molar refractivity (Wildman–Crippen MR) is 67.5 cm³/mol. The third-order valence-electron chi connectivity index (χ3n) is 2.83. The number of anilines is 1. The van der Waals surface area contributed by atoms with Crippen LogP contribution in [0.5, 0.6) is 0 Å². The number of nitrogens with zero attached hydrogens (tertiary/aromatic N) is 5. The van der Waals surface area contributed by atoms with Gasteiger partial charge in [0.05, 0.1) is 19.0 Å². The zero-order valence-electron chi connectivity index (χ0n) is 10.5. The molecule has 0 aliphatic carbocycles. The third-order valence-corrected chi connectivity index (χ3v) is 2.83. The summed E-state index contributed by atoms with van der Waals surface area (Å²) in [6.07, 6.45) is 3.56. The van der Waals surface area contributed by atoms with Gasteiger partial charge in [-0.2, -0.15) is 0 Å². The van der Waals surface area contributed by atoms with Crippen LogP contribution in [0.2, 0.25) is 0 Å². The van der Waals surface area contributed by atoms with E-state index in [1.54, 1.807) is 10.9 Å². The van der Waals surface area contributed by atoms with Gasteiger partial charge in [0.1, 0.15) is 6.33 Å². The van der Waals surface area contributed by atoms with E-state index in [1.807, 2.05) is 19.0 Å². The number of aliphatic hydroxyl groups excluding tert-OH is 2. The Morgan fingerprint density at radius 3 is 2.67 bits per heavy atom. The van der Waals surface area contributed by atoms with Crippen molar-refractivity contribution in [1.82, 2.24) is 19.5 Å². The van der Waals surface area contributed by atoms with Crippen molar-refractivity contribution in [2.24, 2.45) is 0 Å². The molecule has 0 radical (unpaired) electrons. The Labute approximate surface area is 105 Å². The van der Waals surface area contributed by atoms with Gasteiger partial charge < -0.3 is 19.7 Å². The highest BCUT2D eigenvalue weighted by molar-refractivity contribution is 5.83. The molecular weight excluding hydrogens is 234 g/mol. The fourth-order valence-corrected chi connectivity index (χ4v) is 1.90. The van der Waals surface area contributed by atoms with Crippen molar-refractivity contribution in [1.29, 1.82) is 0 Å². The van der Waals surface area contributed by atoms with Crippen molar-refractivity contribution >= 4 is 17.0 Å². The molecule has 7 nitrogen and oxygen atoms in total. The molecule has 0 bridgehead atoms. The summed E-state index contributed by atoms with van der Waals surface area (Å²) in [5.74, 6) is 0.736. The second-order valence-corrected chi connectivity index (χ2v) is 4.26. The van der Waals surface area contributed by atoms with Crippen LogP contribution in [0, 0.1) is 0 Å². The first-order chi connectivity index (χ1) is 8.69. The van der Waals surface area contributed by atoms with E-state index in [0.717, 1.165) is 5.82 Å². The van der Waals surface area contributed by atoms with Crippen molar-refractivity contribution in [2.75, 3.05) is 32.2 Å². The van der Waals surface area contributed by atoms with Crippen LogP contribution in [0.1, 0.15) is 12.5 Å². The lowest BCUT2D eigenvalue weighted by atomic mass is 10.2. The molecule has 0 aromatic carbocycles. The minimum Gasteiger partial charge on any atom is -0.396 e. The molecule has 0 saturated heterocycles. The highest BCUT2D eigenvalue weighted by Gasteiger charge is 2.16. The number of hydrogen-bond donors (Lipinski definition) is 2. The summed E-state index contributed by atoms with van der Waals surface area (Å²) in [4.78, 5) is 14.5. The quantitative estimate of drug-likeness (QED) is 0.765. The van der Waals surface area contributed by atoms with E-state index in [1.165, 1.54) is 6.33 Å². The molecular formula is C11H17N5O2. The first-order valence-electron chi connectivity index (χ1n) is 5.75. The molecule has 0 aliphatic rings. The number of hydrogen-bond acceptors (Lipinski definition) is 6. The van der Waals surface area contributed by atoms with Gasteiger partial charge in [-0.15, -0.1) is 0 Å². The zero-order valence-corrected chi connectivity index (χ0v) is 10.5. The lowest BCUT2D eigenvalue weighted by Gasteiger charge is -2.15. The van der Waals surface area contributed by atoms with Gasteiger partial charge in [0.2, 0.25) is 0 Å². The van der Waals surface area contributed by atoms with E-state index < -0.39 is 0 Å². The third kappa shape index (κ3) is 2.14. The van der Waals surface area contributed by atoms with Crippen molar-refractivity contribution in [2.45, 2.75) is 12.5 Å². The fourth-order valence-electron chi connectivity index (χ4n) is 1.90. The average Bonchev–Trinajstić information content (AvgIpc) is 2.79. The van der Waals surface area contributed by atoms with Gasteiger partial charge in [-0.1, -0.05) is 0 Å². The summed E-state index contributed by atoms with van der Waals surface area (Å²) in [7, 11) is 3.77. The number of aliphatic hydroxyl groups is 2. The summed E-state index contributed by atoms with van der Waals surface area (Å²) < 4.78 is 1.78. The van der Waals surface area contributed by atoms with Crippen LogP contribution in [0.15, 0.2) is 12.7 Å². The van der Waals surface area contributed by atoms with Gasteiger partial charge in [0.15, 0.2) is 17.0 Å². The number of fused-ring (bicyclic) bond motifs is 1. The van der Waals surface area contributed by atoms with Crippen LogP contribution >= 0.6 is 0 Å². The molecule has 1 atom stereocenters. The second kappa shape index (κ2) is 5.28. The van der Waals surface area contributed by atoms with Crippen molar-refractivity contribution in [3.63, 3.8) is 0 Å². The molecule has 0 fully saturated rings. The van der Waals surface area contributed by atoms with Gasteiger partial charge in [0, 0.05) is 20.7 Å². The largest absolute Gasteiger partial charge is 0.396 e. The molecule has 2 rings (SSSR count). The van der Waals surface area contributed by atoms with E-state index in [4.69, 9.17) is 5.11 Å². The zero-order chi connectivity index (χ0) is 13.1. The Morgan fingerprint density at radius 2 is 2.06 bits per heavy atom. The standard InChI is InChI=1S/C11H17N5O2/c1-15(2)10-9-11(13-6-12-10)16(7-14-9)8(5-18)3-4-17/h6-8,17-18H,3-5H2,1-2H3. The van der Waals surface area contributed by atoms with E-state index >= 15 is 0 Å². The molecule has 2 heterocycles. The van der Waals surface area contributed by atoms with Crippen LogP contribution in [-0.2, 0) is 0 Å². The smallest absolute Gasteiger partial charge is 0.165 e. The van der Waals surface area contributed by atoms with Crippen LogP contribution in [-0.4, -0.2) is 57.0 Å². The van der Waals surface area contributed by atoms with Gasteiger partial charge in [-0.3, -0.25) is 0 Å². The summed E-state index contributed by atoms with van der Waals surface area (Å²) in [5, 5.41) is 18.3. The molecule has 0 saturated carbocycles. The molecule has 18 heavy (non-hydrogen) atoms. The maximum atomic E-state index is 9.35. The van der Waals surface area contributed by atoms with Crippen LogP contribution in [0.25, 0.3) is 11.2 Å². The average molecular weight is 251 g/mol. The molecule has 7 heteroatoms. The fraction of sp³-hybridized carbons (Fsp3) is 0.545. The number of rotatable bonds is 5. The second-order valence-electron chi connectivity index (χ2n) is 4.26. The van der Waals surface area contributed by atoms with E-state index in [2.05, 4.69) is 15.0 Å². The summed E-state index contributed by atoms with van der Waals surface area (Å²) in [6, 6.07) is -0.218. The van der Waals surface area contributed by atoms with Gasteiger partial charge in [-0.05, 0) is 6.42 Å². The Kier molecular flexibility index (Phi) is 3.73. The van der Waals surface area contributed by atoms with Gasteiger partial charge >= 0.3 is 0 Å². The van der Waals surface area contributed by atoms with Gasteiger partial charge in [-0.25, -0.2) is 15.0 Å². The van der Waals surface area contributed by atoms with Crippen molar-refractivity contribution < 1.29 is 10.2 Å². The topological polar surface area (TPSA) is 87.3 Å². The number of imidazole rings is 1. The Balaban J connectivity index is 2.51. The first kappa shape index (κ1) is 12.7. The van der Waals surface area contributed by atoms with Crippen molar-refractivity contribution in [3.05, 3.63) is 12.7 Å². The Hall–Kier alpha value is -1.73. The maximum absolute atomic E-state index is 9.35. The minimum absolute atomic E-state index is 0.0104. The van der Waals surface area contributed by atoms with Crippen LogP contribution in [0.3, 0.4) is 0 Å². The molecule has 0 amide bonds. The first-order valence-corrected chi connectivity index (χ1v) is 5.75. The van der Waals surface area contributed by atoms with E-state index in [0.29, 0.717) is 17.6 Å². The predicted octanol–water partition coefficient (Wildman–Crippen LogP) is -0.192. The summed E-state index contributed by atoms with van der Waals surface area (Å²) >= 11 is 0.